The molecule has 0 fully saturated rings. The summed E-state index contributed by atoms with van der Waals surface area (Å²) in [5.74, 6) is -0.334. The topological polar surface area (TPSA) is 54.0 Å². The fraction of sp³-hybridized carbons (Fsp3) is 0.200. The van der Waals surface area contributed by atoms with Gasteiger partial charge in [-0.2, -0.15) is 5.26 Å². The summed E-state index contributed by atoms with van der Waals surface area (Å²) in [5.41, 5.74) is 2.26. The molecule has 90 valence electrons. The summed E-state index contributed by atoms with van der Waals surface area (Å²) in [7, 11) is 0. The molecule has 1 unspecified atom stereocenters. The van der Waals surface area contributed by atoms with Crippen LogP contribution in [0, 0.1) is 25.2 Å². The van der Waals surface area contributed by atoms with E-state index in [9.17, 15) is 10.1 Å². The van der Waals surface area contributed by atoms with Crippen LogP contribution in [0.25, 0.3) is 0 Å². The van der Waals surface area contributed by atoms with Crippen molar-refractivity contribution in [1.82, 2.24) is 0 Å². The second-order valence-corrected chi connectivity index (χ2v) is 4.28. The normalized spacial score (nSPS) is 11.8. The molecular formula is C15H13NO2. The maximum atomic E-state index is 12.2. The number of nitriles is 1. The monoisotopic (exact) mass is 239 g/mol. The summed E-state index contributed by atoms with van der Waals surface area (Å²) in [4.78, 5) is 12.2. The van der Waals surface area contributed by atoms with Crippen LogP contribution in [-0.4, -0.2) is 5.78 Å². The third-order valence-corrected chi connectivity index (χ3v) is 2.82. The predicted octanol–water partition coefficient (Wildman–Crippen LogP) is 3.39. The van der Waals surface area contributed by atoms with E-state index in [1.807, 2.05) is 31.2 Å². The lowest BCUT2D eigenvalue weighted by atomic mass is 9.92. The molecule has 1 aromatic heterocycles. The van der Waals surface area contributed by atoms with E-state index in [2.05, 4.69) is 6.07 Å². The van der Waals surface area contributed by atoms with Crippen molar-refractivity contribution < 1.29 is 9.21 Å². The van der Waals surface area contributed by atoms with Crippen LogP contribution in [0.1, 0.15) is 33.2 Å². The predicted molar refractivity (Wildman–Crippen MR) is 67.3 cm³/mol. The number of ketones is 1. The molecule has 2 rings (SSSR count). The van der Waals surface area contributed by atoms with Gasteiger partial charge in [-0.3, -0.25) is 4.79 Å². The van der Waals surface area contributed by atoms with Gasteiger partial charge in [0.05, 0.1) is 11.6 Å². The molecule has 18 heavy (non-hydrogen) atoms. The van der Waals surface area contributed by atoms with Gasteiger partial charge in [-0.15, -0.1) is 0 Å². The molecule has 0 radical (unpaired) electrons. The third-order valence-electron chi connectivity index (χ3n) is 2.82. The molecule has 0 saturated carbocycles. The van der Waals surface area contributed by atoms with Crippen molar-refractivity contribution in [2.45, 2.75) is 19.8 Å². The average Bonchev–Trinajstić information content (AvgIpc) is 2.79. The second kappa shape index (κ2) is 4.89. The molecular weight excluding hydrogens is 226 g/mol. The van der Waals surface area contributed by atoms with Gasteiger partial charge in [0.1, 0.15) is 17.9 Å². The fourth-order valence-electron chi connectivity index (χ4n) is 1.78. The van der Waals surface area contributed by atoms with E-state index in [1.54, 1.807) is 13.0 Å². The fourth-order valence-corrected chi connectivity index (χ4v) is 1.78. The highest BCUT2D eigenvalue weighted by Crippen LogP contribution is 2.22. The zero-order valence-electron chi connectivity index (χ0n) is 10.3. The zero-order valence-corrected chi connectivity index (χ0v) is 10.3. The molecule has 0 aliphatic rings. The highest BCUT2D eigenvalue weighted by Gasteiger charge is 2.22. The van der Waals surface area contributed by atoms with E-state index in [0.29, 0.717) is 16.9 Å². The van der Waals surface area contributed by atoms with Gasteiger partial charge in [0.25, 0.3) is 0 Å². The van der Waals surface area contributed by atoms with Crippen LogP contribution < -0.4 is 0 Å². The Morgan fingerprint density at radius 2 is 1.94 bits per heavy atom. The van der Waals surface area contributed by atoms with Crippen LogP contribution in [-0.2, 0) is 0 Å². The first kappa shape index (κ1) is 12.1. The molecule has 1 atom stereocenters. The van der Waals surface area contributed by atoms with E-state index in [4.69, 9.17) is 4.42 Å². The van der Waals surface area contributed by atoms with Crippen molar-refractivity contribution >= 4 is 5.78 Å². The number of Topliss-reactive ketones (excluding diaryl/α,β-unsaturated/α-hetero) is 1. The Morgan fingerprint density at radius 1 is 1.28 bits per heavy atom. The molecule has 0 saturated heterocycles. The number of furan rings is 1. The van der Waals surface area contributed by atoms with Gasteiger partial charge in [0, 0.05) is 0 Å². The number of carbonyl (C=O) groups is 1. The summed E-state index contributed by atoms with van der Waals surface area (Å²) in [5, 5.41) is 9.19. The molecule has 0 aliphatic carbocycles. The summed E-state index contributed by atoms with van der Waals surface area (Å²) in [6, 6.07) is 11.1. The maximum absolute atomic E-state index is 12.2. The molecule has 0 N–H and O–H groups in total. The van der Waals surface area contributed by atoms with Crippen LogP contribution >= 0.6 is 0 Å². The number of hydrogen-bond donors (Lipinski definition) is 0. The van der Waals surface area contributed by atoms with E-state index < -0.39 is 5.92 Å². The van der Waals surface area contributed by atoms with E-state index in [-0.39, 0.29) is 5.78 Å². The number of nitrogens with zero attached hydrogens (tertiary/aromatic N) is 1. The Bertz CT molecular complexity index is 602. The average molecular weight is 239 g/mol. The minimum Gasteiger partial charge on any atom is -0.469 e. The first-order chi connectivity index (χ1) is 8.61. The Morgan fingerprint density at radius 3 is 2.44 bits per heavy atom. The Labute approximate surface area is 106 Å². The van der Waals surface area contributed by atoms with Gasteiger partial charge in [-0.1, -0.05) is 29.8 Å². The van der Waals surface area contributed by atoms with Crippen molar-refractivity contribution in [2.75, 3.05) is 0 Å². The highest BCUT2D eigenvalue weighted by atomic mass is 16.3. The molecule has 1 aromatic carbocycles. The van der Waals surface area contributed by atoms with Crippen molar-refractivity contribution in [3.8, 4) is 6.07 Å². The third kappa shape index (κ3) is 2.33. The standard InChI is InChI=1S/C15H13NO2/c1-10-3-5-12(6-4-10)14(8-16)15(17)13-7-11(2)18-9-13/h3-7,9,14H,1-2H3. The number of rotatable bonds is 3. The molecule has 1 heterocycles. The number of aryl methyl sites for hydroxylation is 2. The summed E-state index contributed by atoms with van der Waals surface area (Å²) in [6.45, 7) is 3.73. The summed E-state index contributed by atoms with van der Waals surface area (Å²) in [6.07, 6.45) is 1.40. The number of benzene rings is 1. The number of carbonyl (C=O) groups excluding carboxylic acids is 1. The SMILES string of the molecule is Cc1ccc(C(C#N)C(=O)c2coc(C)c2)cc1. The minimum atomic E-state index is -0.775. The maximum Gasteiger partial charge on any atom is 0.187 e. The molecule has 3 heteroatoms. The first-order valence-electron chi connectivity index (χ1n) is 5.67. The quantitative estimate of drug-likeness (QED) is 0.771. The molecule has 0 spiro atoms. The van der Waals surface area contributed by atoms with E-state index in [0.717, 1.165) is 5.56 Å². The van der Waals surface area contributed by atoms with Crippen LogP contribution in [0.4, 0.5) is 0 Å². The summed E-state index contributed by atoms with van der Waals surface area (Å²) < 4.78 is 5.11. The highest BCUT2D eigenvalue weighted by molar-refractivity contribution is 6.02. The Hall–Kier alpha value is -2.34. The van der Waals surface area contributed by atoms with Crippen molar-refractivity contribution in [3.05, 3.63) is 59.0 Å². The zero-order chi connectivity index (χ0) is 13.1. The van der Waals surface area contributed by atoms with Gasteiger partial charge >= 0.3 is 0 Å². The largest absolute Gasteiger partial charge is 0.469 e. The van der Waals surface area contributed by atoms with Crippen LogP contribution in [0.15, 0.2) is 41.0 Å². The van der Waals surface area contributed by atoms with Crippen molar-refractivity contribution in [2.24, 2.45) is 0 Å². The van der Waals surface area contributed by atoms with Crippen molar-refractivity contribution in [3.63, 3.8) is 0 Å². The summed E-state index contributed by atoms with van der Waals surface area (Å²) >= 11 is 0. The molecule has 0 aliphatic heterocycles. The minimum absolute atomic E-state index is 0.224. The lowest BCUT2D eigenvalue weighted by Crippen LogP contribution is -2.10. The van der Waals surface area contributed by atoms with E-state index >= 15 is 0 Å². The van der Waals surface area contributed by atoms with Crippen LogP contribution in [0.2, 0.25) is 0 Å². The molecule has 3 nitrogen and oxygen atoms in total. The van der Waals surface area contributed by atoms with Crippen molar-refractivity contribution in [1.29, 1.82) is 5.26 Å². The molecule has 2 aromatic rings. The smallest absolute Gasteiger partial charge is 0.187 e. The van der Waals surface area contributed by atoms with Crippen LogP contribution in [0.5, 0.6) is 0 Å². The van der Waals surface area contributed by atoms with Gasteiger partial charge in [0.15, 0.2) is 5.78 Å². The Kier molecular flexibility index (Phi) is 3.29. The van der Waals surface area contributed by atoms with Gasteiger partial charge in [0.2, 0.25) is 0 Å². The van der Waals surface area contributed by atoms with Gasteiger partial charge in [-0.05, 0) is 25.5 Å². The second-order valence-electron chi connectivity index (χ2n) is 4.28. The lowest BCUT2D eigenvalue weighted by Gasteiger charge is -2.07. The number of hydrogen-bond acceptors (Lipinski definition) is 3. The Balaban J connectivity index is 2.32. The molecule has 0 bridgehead atoms. The molecule has 0 amide bonds. The van der Waals surface area contributed by atoms with Crippen LogP contribution in [0.3, 0.4) is 0 Å². The van der Waals surface area contributed by atoms with E-state index in [1.165, 1.54) is 6.26 Å². The van der Waals surface area contributed by atoms with Gasteiger partial charge < -0.3 is 4.42 Å². The first-order valence-corrected chi connectivity index (χ1v) is 5.67. The van der Waals surface area contributed by atoms with Gasteiger partial charge in [-0.25, -0.2) is 0 Å². The lowest BCUT2D eigenvalue weighted by molar-refractivity contribution is 0.0978.